The second-order valence-corrected chi connectivity index (χ2v) is 6.91. The molecular formula is C18H18BrClN2O. The highest BCUT2D eigenvalue weighted by Gasteiger charge is 2.21. The van der Waals surface area contributed by atoms with Gasteiger partial charge in [0.2, 0.25) is 5.91 Å². The number of carbonyl (C=O) groups excluding carboxylic acids is 1. The van der Waals surface area contributed by atoms with Gasteiger partial charge in [0, 0.05) is 41.4 Å². The highest BCUT2D eigenvalue weighted by Crippen LogP contribution is 2.21. The van der Waals surface area contributed by atoms with Crippen molar-refractivity contribution in [3.8, 4) is 0 Å². The van der Waals surface area contributed by atoms with Crippen LogP contribution in [-0.2, 0) is 11.2 Å². The van der Waals surface area contributed by atoms with Gasteiger partial charge in [-0.2, -0.15) is 0 Å². The number of hydrogen-bond acceptors (Lipinski definition) is 2. The molecule has 1 aliphatic rings. The van der Waals surface area contributed by atoms with Gasteiger partial charge in [-0.15, -0.1) is 0 Å². The normalized spacial score (nSPS) is 14.9. The van der Waals surface area contributed by atoms with E-state index in [1.807, 2.05) is 47.4 Å². The van der Waals surface area contributed by atoms with Gasteiger partial charge in [0.15, 0.2) is 0 Å². The summed E-state index contributed by atoms with van der Waals surface area (Å²) in [6, 6.07) is 15.8. The van der Waals surface area contributed by atoms with Crippen LogP contribution in [0.5, 0.6) is 0 Å². The Morgan fingerprint density at radius 1 is 1.04 bits per heavy atom. The number of hydrogen-bond donors (Lipinski definition) is 0. The summed E-state index contributed by atoms with van der Waals surface area (Å²) in [5.41, 5.74) is 2.16. The van der Waals surface area contributed by atoms with Gasteiger partial charge in [-0.1, -0.05) is 51.8 Å². The first kappa shape index (κ1) is 16.3. The van der Waals surface area contributed by atoms with Crippen LogP contribution in [0.25, 0.3) is 0 Å². The molecule has 2 aromatic rings. The molecule has 5 heteroatoms. The molecule has 0 spiro atoms. The van der Waals surface area contributed by atoms with Crippen molar-refractivity contribution in [1.82, 2.24) is 4.90 Å². The van der Waals surface area contributed by atoms with Crippen LogP contribution < -0.4 is 4.90 Å². The van der Waals surface area contributed by atoms with E-state index in [2.05, 4.69) is 26.9 Å². The van der Waals surface area contributed by atoms with E-state index in [0.717, 1.165) is 46.9 Å². The van der Waals surface area contributed by atoms with E-state index in [0.29, 0.717) is 6.42 Å². The van der Waals surface area contributed by atoms with Crippen LogP contribution in [0.1, 0.15) is 5.56 Å². The van der Waals surface area contributed by atoms with Gasteiger partial charge in [-0.25, -0.2) is 0 Å². The minimum atomic E-state index is 0.183. The smallest absolute Gasteiger partial charge is 0.227 e. The van der Waals surface area contributed by atoms with Gasteiger partial charge in [-0.05, 0) is 29.8 Å². The Bertz CT molecular complexity index is 699. The lowest BCUT2D eigenvalue weighted by Gasteiger charge is -2.36. The van der Waals surface area contributed by atoms with E-state index < -0.39 is 0 Å². The van der Waals surface area contributed by atoms with Gasteiger partial charge < -0.3 is 9.80 Å². The van der Waals surface area contributed by atoms with Gasteiger partial charge in [0.05, 0.1) is 6.42 Å². The third-order valence-electron chi connectivity index (χ3n) is 4.11. The lowest BCUT2D eigenvalue weighted by atomic mass is 10.1. The van der Waals surface area contributed by atoms with Gasteiger partial charge in [-0.3, -0.25) is 4.79 Å². The number of amides is 1. The van der Waals surface area contributed by atoms with Crippen molar-refractivity contribution < 1.29 is 4.79 Å². The minimum absolute atomic E-state index is 0.183. The fourth-order valence-electron chi connectivity index (χ4n) is 2.80. The molecule has 3 nitrogen and oxygen atoms in total. The molecule has 120 valence electrons. The number of piperazine rings is 1. The molecule has 0 radical (unpaired) electrons. The molecule has 1 aliphatic heterocycles. The highest BCUT2D eigenvalue weighted by molar-refractivity contribution is 9.10. The average molecular weight is 394 g/mol. The molecule has 0 saturated carbocycles. The van der Waals surface area contributed by atoms with Crippen molar-refractivity contribution in [2.24, 2.45) is 0 Å². The van der Waals surface area contributed by atoms with E-state index in [1.165, 1.54) is 0 Å². The number of anilines is 1. The molecule has 0 N–H and O–H groups in total. The van der Waals surface area contributed by atoms with Crippen molar-refractivity contribution in [2.75, 3.05) is 31.1 Å². The van der Waals surface area contributed by atoms with E-state index in [-0.39, 0.29) is 5.91 Å². The summed E-state index contributed by atoms with van der Waals surface area (Å²) < 4.78 is 0.992. The summed E-state index contributed by atoms with van der Waals surface area (Å²) >= 11 is 9.56. The van der Waals surface area contributed by atoms with Crippen LogP contribution in [0.15, 0.2) is 53.0 Å². The zero-order valence-corrected chi connectivity index (χ0v) is 15.1. The maximum atomic E-state index is 12.5. The molecule has 3 rings (SSSR count). The summed E-state index contributed by atoms with van der Waals surface area (Å²) in [6.45, 7) is 3.16. The quantitative estimate of drug-likeness (QED) is 0.787. The largest absolute Gasteiger partial charge is 0.368 e. The van der Waals surface area contributed by atoms with Crippen LogP contribution in [0.4, 0.5) is 5.69 Å². The summed E-state index contributed by atoms with van der Waals surface area (Å²) in [6.07, 6.45) is 0.443. The SMILES string of the molecule is O=C(Cc1ccccc1Br)N1CCN(c2cccc(Cl)c2)CC1. The van der Waals surface area contributed by atoms with E-state index >= 15 is 0 Å². The number of halogens is 2. The van der Waals surface area contributed by atoms with Crippen LogP contribution in [0, 0.1) is 0 Å². The minimum Gasteiger partial charge on any atom is -0.368 e. The fourth-order valence-corrected chi connectivity index (χ4v) is 3.41. The topological polar surface area (TPSA) is 23.6 Å². The Kier molecular flexibility index (Phi) is 5.23. The summed E-state index contributed by atoms with van der Waals surface area (Å²) in [5.74, 6) is 0.183. The summed E-state index contributed by atoms with van der Waals surface area (Å²) in [5, 5.41) is 0.745. The van der Waals surface area contributed by atoms with E-state index in [9.17, 15) is 4.79 Å². The Morgan fingerprint density at radius 3 is 2.48 bits per heavy atom. The highest BCUT2D eigenvalue weighted by atomic mass is 79.9. The molecule has 1 fully saturated rings. The average Bonchev–Trinajstić information content (AvgIpc) is 2.57. The van der Waals surface area contributed by atoms with Gasteiger partial charge in [0.1, 0.15) is 0 Å². The molecule has 0 aromatic heterocycles. The zero-order chi connectivity index (χ0) is 16.2. The zero-order valence-electron chi connectivity index (χ0n) is 12.7. The van der Waals surface area contributed by atoms with Crippen LogP contribution in [-0.4, -0.2) is 37.0 Å². The summed E-state index contributed by atoms with van der Waals surface area (Å²) in [4.78, 5) is 16.7. The summed E-state index contributed by atoms with van der Waals surface area (Å²) in [7, 11) is 0. The van der Waals surface area contributed by atoms with E-state index in [4.69, 9.17) is 11.6 Å². The van der Waals surface area contributed by atoms with Crippen molar-refractivity contribution in [3.05, 3.63) is 63.6 Å². The Labute approximate surface area is 150 Å². The maximum Gasteiger partial charge on any atom is 0.227 e. The molecule has 0 unspecified atom stereocenters. The molecule has 0 atom stereocenters. The van der Waals surface area contributed by atoms with Crippen molar-refractivity contribution in [3.63, 3.8) is 0 Å². The first-order valence-electron chi connectivity index (χ1n) is 7.65. The Morgan fingerprint density at radius 2 is 1.78 bits per heavy atom. The monoisotopic (exact) mass is 392 g/mol. The molecule has 1 heterocycles. The number of rotatable bonds is 3. The van der Waals surface area contributed by atoms with Crippen LogP contribution in [0.2, 0.25) is 5.02 Å². The standard InChI is InChI=1S/C18H18BrClN2O/c19-17-7-2-1-4-14(17)12-18(23)22-10-8-21(9-11-22)16-6-3-5-15(20)13-16/h1-7,13H,8-12H2. The van der Waals surface area contributed by atoms with Gasteiger partial charge >= 0.3 is 0 Å². The number of benzene rings is 2. The molecule has 23 heavy (non-hydrogen) atoms. The third kappa shape index (κ3) is 4.06. The predicted octanol–water partition coefficient (Wildman–Crippen LogP) is 3.99. The van der Waals surface area contributed by atoms with Crippen LogP contribution >= 0.6 is 27.5 Å². The lowest BCUT2D eigenvalue weighted by Crippen LogP contribution is -2.49. The fraction of sp³-hybridized carbons (Fsp3) is 0.278. The molecule has 1 amide bonds. The molecule has 2 aromatic carbocycles. The first-order valence-corrected chi connectivity index (χ1v) is 8.82. The van der Waals surface area contributed by atoms with Crippen molar-refractivity contribution in [2.45, 2.75) is 6.42 Å². The lowest BCUT2D eigenvalue weighted by molar-refractivity contribution is -0.130. The number of carbonyl (C=O) groups is 1. The Hall–Kier alpha value is -1.52. The second kappa shape index (κ2) is 7.37. The molecular weight excluding hydrogens is 376 g/mol. The van der Waals surface area contributed by atoms with Gasteiger partial charge in [0.25, 0.3) is 0 Å². The third-order valence-corrected chi connectivity index (χ3v) is 5.11. The van der Waals surface area contributed by atoms with Crippen LogP contribution in [0.3, 0.4) is 0 Å². The molecule has 0 bridgehead atoms. The molecule has 0 aliphatic carbocycles. The number of nitrogens with zero attached hydrogens (tertiary/aromatic N) is 2. The van der Waals surface area contributed by atoms with Crippen molar-refractivity contribution >= 4 is 39.1 Å². The predicted molar refractivity (Wildman–Crippen MR) is 98.1 cm³/mol. The van der Waals surface area contributed by atoms with Crippen molar-refractivity contribution in [1.29, 1.82) is 0 Å². The molecule has 1 saturated heterocycles. The first-order chi connectivity index (χ1) is 11.1. The Balaban J connectivity index is 1.58. The second-order valence-electron chi connectivity index (χ2n) is 5.62. The maximum absolute atomic E-state index is 12.5. The van der Waals surface area contributed by atoms with E-state index in [1.54, 1.807) is 0 Å².